The molecule has 0 unspecified atom stereocenters. The van der Waals surface area contributed by atoms with Crippen molar-refractivity contribution in [2.75, 3.05) is 6.61 Å². The lowest BCUT2D eigenvalue weighted by Gasteiger charge is -2.14. The van der Waals surface area contributed by atoms with E-state index in [4.69, 9.17) is 0 Å². The molecule has 0 aromatic heterocycles. The van der Waals surface area contributed by atoms with Gasteiger partial charge in [0.05, 0.1) is 13.0 Å². The highest BCUT2D eigenvalue weighted by Crippen LogP contribution is 2.30. The van der Waals surface area contributed by atoms with Crippen molar-refractivity contribution in [2.24, 2.45) is 0 Å². The van der Waals surface area contributed by atoms with Crippen LogP contribution < -0.4 is 0 Å². The average molecular weight is 288 g/mol. The summed E-state index contributed by atoms with van der Waals surface area (Å²) in [5.74, 6) is -0.620. The molecule has 0 saturated heterocycles. The van der Waals surface area contributed by atoms with Crippen LogP contribution in [0.25, 0.3) is 0 Å². The largest absolute Gasteiger partial charge is 0.508 e. The molecule has 2 nitrogen and oxygen atoms in total. The van der Waals surface area contributed by atoms with E-state index in [1.807, 2.05) is 0 Å². The third kappa shape index (κ3) is 5.82. The monoisotopic (exact) mass is 288 g/mol. The van der Waals surface area contributed by atoms with Crippen LogP contribution in [0.15, 0.2) is 18.2 Å². The van der Waals surface area contributed by atoms with Gasteiger partial charge in [-0.05, 0) is 11.6 Å². The predicted molar refractivity (Wildman–Crippen MR) is 53.6 cm³/mol. The lowest BCUT2D eigenvalue weighted by Crippen LogP contribution is -2.18. The van der Waals surface area contributed by atoms with Crippen molar-refractivity contribution < 1.29 is 36.2 Å². The van der Waals surface area contributed by atoms with E-state index in [2.05, 4.69) is 4.74 Å². The van der Waals surface area contributed by atoms with Crippen LogP contribution in [0.2, 0.25) is 0 Å². The maximum atomic E-state index is 12.3. The number of hydrogen-bond donors (Lipinski definition) is 1. The molecule has 1 N–H and O–H groups in total. The van der Waals surface area contributed by atoms with Gasteiger partial charge in [0.2, 0.25) is 0 Å². The Hall–Kier alpha value is -1.44. The highest BCUT2D eigenvalue weighted by Gasteiger charge is 2.31. The van der Waals surface area contributed by atoms with Crippen LogP contribution in [-0.2, 0) is 17.8 Å². The summed E-state index contributed by atoms with van der Waals surface area (Å²) in [6.45, 7) is -2.21. The minimum absolute atomic E-state index is 0.124. The molecule has 0 bridgehead atoms. The summed E-state index contributed by atoms with van der Waals surface area (Å²) in [7, 11) is 0. The van der Waals surface area contributed by atoms with Gasteiger partial charge in [0, 0.05) is 5.56 Å². The van der Waals surface area contributed by atoms with Gasteiger partial charge in [-0.15, -0.1) is 0 Å². The highest BCUT2D eigenvalue weighted by atomic mass is 19.4. The molecule has 19 heavy (non-hydrogen) atoms. The minimum Gasteiger partial charge on any atom is -0.508 e. The Morgan fingerprint density at radius 1 is 1.00 bits per heavy atom. The van der Waals surface area contributed by atoms with Gasteiger partial charge >= 0.3 is 12.4 Å². The third-order valence-corrected chi connectivity index (χ3v) is 2.15. The maximum absolute atomic E-state index is 12.3. The van der Waals surface area contributed by atoms with Crippen LogP contribution in [0.1, 0.15) is 11.1 Å². The topological polar surface area (TPSA) is 29.5 Å². The molecule has 0 radical (unpaired) electrons. The van der Waals surface area contributed by atoms with Crippen LogP contribution in [-0.4, -0.2) is 24.1 Å². The fraction of sp³-hybridized carbons (Fsp3) is 0.455. The first-order valence-corrected chi connectivity index (χ1v) is 5.09. The first-order chi connectivity index (χ1) is 8.58. The van der Waals surface area contributed by atoms with Gasteiger partial charge < -0.3 is 9.84 Å². The molecule has 0 atom stereocenters. The molecule has 0 aliphatic rings. The van der Waals surface area contributed by atoms with E-state index in [9.17, 15) is 31.4 Å². The van der Waals surface area contributed by atoms with E-state index < -0.39 is 43.3 Å². The predicted octanol–water partition coefficient (Wildman–Crippen LogP) is 3.58. The second kappa shape index (κ2) is 5.68. The summed E-state index contributed by atoms with van der Waals surface area (Å²) in [6.07, 6.45) is -10.6. The summed E-state index contributed by atoms with van der Waals surface area (Å²) in [5.41, 5.74) is -0.598. The normalized spacial score (nSPS) is 12.7. The van der Waals surface area contributed by atoms with Crippen molar-refractivity contribution in [1.82, 2.24) is 0 Å². The van der Waals surface area contributed by atoms with E-state index in [0.717, 1.165) is 6.07 Å². The Morgan fingerprint density at radius 2 is 1.63 bits per heavy atom. The molecular formula is C11H10F6O2. The summed E-state index contributed by atoms with van der Waals surface area (Å²) >= 11 is 0. The van der Waals surface area contributed by atoms with Crippen LogP contribution in [0.5, 0.6) is 5.75 Å². The molecule has 0 saturated carbocycles. The number of halogens is 6. The van der Waals surface area contributed by atoms with Crippen molar-refractivity contribution in [3.05, 3.63) is 29.3 Å². The third-order valence-electron chi connectivity index (χ3n) is 2.15. The Kier molecular flexibility index (Phi) is 4.67. The first kappa shape index (κ1) is 15.6. The maximum Gasteiger partial charge on any atom is 0.411 e. The van der Waals surface area contributed by atoms with Crippen molar-refractivity contribution >= 4 is 0 Å². The first-order valence-electron chi connectivity index (χ1n) is 5.09. The summed E-state index contributed by atoms with van der Waals surface area (Å²) in [5, 5.41) is 9.34. The number of aromatic hydroxyl groups is 1. The fourth-order valence-electron chi connectivity index (χ4n) is 1.44. The minimum atomic E-state index is -4.57. The van der Waals surface area contributed by atoms with E-state index in [-0.39, 0.29) is 5.56 Å². The summed E-state index contributed by atoms with van der Waals surface area (Å²) in [6, 6.07) is 3.45. The summed E-state index contributed by atoms with van der Waals surface area (Å²) < 4.78 is 76.7. The van der Waals surface area contributed by atoms with Gasteiger partial charge in [-0.25, -0.2) is 0 Å². The fourth-order valence-corrected chi connectivity index (χ4v) is 1.44. The number of phenolic OH excluding ortho intramolecular Hbond substituents is 1. The standard InChI is InChI=1S/C11H10F6O2/c12-10(13,14)4-8-7(2-1-3-9(8)18)5-19-6-11(15,16)17/h1-3,18H,4-6H2. The summed E-state index contributed by atoms with van der Waals surface area (Å²) in [4.78, 5) is 0. The zero-order valence-electron chi connectivity index (χ0n) is 9.48. The highest BCUT2D eigenvalue weighted by molar-refractivity contribution is 5.39. The van der Waals surface area contributed by atoms with Crippen LogP contribution in [0.3, 0.4) is 0 Å². The molecule has 0 heterocycles. The molecule has 1 rings (SSSR count). The number of rotatable bonds is 4. The Bertz CT molecular complexity index is 424. The molecule has 108 valence electrons. The van der Waals surface area contributed by atoms with Crippen molar-refractivity contribution in [2.45, 2.75) is 25.4 Å². The average Bonchev–Trinajstić information content (AvgIpc) is 2.19. The van der Waals surface area contributed by atoms with Gasteiger partial charge in [-0.3, -0.25) is 0 Å². The zero-order chi connectivity index (χ0) is 14.7. The van der Waals surface area contributed by atoms with Gasteiger partial charge in [-0.1, -0.05) is 12.1 Å². The number of benzene rings is 1. The molecule has 0 amide bonds. The Morgan fingerprint density at radius 3 is 2.16 bits per heavy atom. The second-order valence-corrected chi connectivity index (χ2v) is 3.81. The number of alkyl halides is 6. The molecule has 0 spiro atoms. The zero-order valence-corrected chi connectivity index (χ0v) is 9.48. The lowest BCUT2D eigenvalue weighted by atomic mass is 10.0. The Balaban J connectivity index is 2.80. The molecule has 8 heteroatoms. The van der Waals surface area contributed by atoms with Crippen molar-refractivity contribution in [3.8, 4) is 5.75 Å². The van der Waals surface area contributed by atoms with Gasteiger partial charge in [0.15, 0.2) is 0 Å². The molecule has 0 fully saturated rings. The lowest BCUT2D eigenvalue weighted by molar-refractivity contribution is -0.176. The van der Waals surface area contributed by atoms with Crippen LogP contribution >= 0.6 is 0 Å². The van der Waals surface area contributed by atoms with Crippen molar-refractivity contribution in [3.63, 3.8) is 0 Å². The van der Waals surface area contributed by atoms with E-state index in [0.29, 0.717) is 0 Å². The van der Waals surface area contributed by atoms with Gasteiger partial charge in [0.25, 0.3) is 0 Å². The molecule has 1 aromatic rings. The molecular weight excluding hydrogens is 278 g/mol. The number of hydrogen-bond acceptors (Lipinski definition) is 2. The molecule has 0 aliphatic heterocycles. The Labute approximate surface area is 104 Å². The number of phenols is 1. The van der Waals surface area contributed by atoms with E-state index in [1.165, 1.54) is 12.1 Å². The molecule has 1 aromatic carbocycles. The van der Waals surface area contributed by atoms with E-state index >= 15 is 0 Å². The van der Waals surface area contributed by atoms with Gasteiger partial charge in [0.1, 0.15) is 12.4 Å². The quantitative estimate of drug-likeness (QED) is 0.858. The van der Waals surface area contributed by atoms with Gasteiger partial charge in [-0.2, -0.15) is 26.3 Å². The molecule has 0 aliphatic carbocycles. The van der Waals surface area contributed by atoms with Crippen LogP contribution in [0.4, 0.5) is 26.3 Å². The number of ether oxygens (including phenoxy) is 1. The SMILES string of the molecule is Oc1cccc(COCC(F)(F)F)c1CC(F)(F)F. The second-order valence-electron chi connectivity index (χ2n) is 3.81. The van der Waals surface area contributed by atoms with E-state index in [1.54, 1.807) is 0 Å². The smallest absolute Gasteiger partial charge is 0.411 e. The van der Waals surface area contributed by atoms with Crippen molar-refractivity contribution in [1.29, 1.82) is 0 Å². The van der Waals surface area contributed by atoms with Crippen LogP contribution in [0, 0.1) is 0 Å².